The molecule has 0 amide bonds. The van der Waals surface area contributed by atoms with E-state index in [-0.39, 0.29) is 0 Å². The van der Waals surface area contributed by atoms with Gasteiger partial charge in [-0.15, -0.1) is 0 Å². The lowest BCUT2D eigenvalue weighted by atomic mass is 9.84. The van der Waals surface area contributed by atoms with Crippen LogP contribution in [-0.4, -0.2) is 48.2 Å². The van der Waals surface area contributed by atoms with Gasteiger partial charge in [-0.3, -0.25) is 4.90 Å². The molecule has 1 aromatic heterocycles. The normalized spacial score (nSPS) is 21.4. The number of aliphatic hydroxyl groups is 1. The number of likely N-dealkylation sites (tertiary alicyclic amines) is 1. The molecule has 1 N–H and O–H groups in total. The second-order valence-corrected chi connectivity index (χ2v) is 7.30. The van der Waals surface area contributed by atoms with Crippen LogP contribution in [0.5, 0.6) is 5.75 Å². The van der Waals surface area contributed by atoms with Crippen molar-refractivity contribution in [3.8, 4) is 5.75 Å². The van der Waals surface area contributed by atoms with Crippen LogP contribution < -0.4 is 4.74 Å². The predicted molar refractivity (Wildman–Crippen MR) is 95.4 cm³/mol. The molecular weight excluding hydrogens is 316 g/mol. The Morgan fingerprint density at radius 3 is 2.76 bits per heavy atom. The van der Waals surface area contributed by atoms with Crippen molar-refractivity contribution in [3.63, 3.8) is 0 Å². The van der Waals surface area contributed by atoms with Crippen molar-refractivity contribution in [3.05, 3.63) is 53.5 Å². The van der Waals surface area contributed by atoms with E-state index in [1.54, 1.807) is 6.26 Å². The van der Waals surface area contributed by atoms with Crippen molar-refractivity contribution in [2.45, 2.75) is 31.5 Å². The van der Waals surface area contributed by atoms with E-state index >= 15 is 0 Å². The quantitative estimate of drug-likeness (QED) is 0.929. The van der Waals surface area contributed by atoms with Gasteiger partial charge >= 0.3 is 0 Å². The minimum atomic E-state index is -0.723. The maximum Gasteiger partial charge on any atom is 0.123 e. The molecule has 0 saturated carbocycles. The number of fused-ring (bicyclic) bond motifs is 1. The summed E-state index contributed by atoms with van der Waals surface area (Å²) in [6.45, 7) is 4.96. The minimum Gasteiger partial charge on any atom is -0.492 e. The van der Waals surface area contributed by atoms with E-state index in [9.17, 15) is 5.11 Å². The molecule has 2 aromatic rings. The molecule has 4 rings (SSSR count). The number of nitrogens with zero attached hydrogens (tertiary/aromatic N) is 2. The zero-order valence-corrected chi connectivity index (χ0v) is 14.8. The molecule has 1 saturated heterocycles. The molecule has 0 unspecified atom stereocenters. The molecule has 0 aliphatic carbocycles. The van der Waals surface area contributed by atoms with Crippen LogP contribution in [0.4, 0.5) is 0 Å². The van der Waals surface area contributed by atoms with E-state index in [0.717, 1.165) is 68.2 Å². The first kappa shape index (κ1) is 16.6. The van der Waals surface area contributed by atoms with Gasteiger partial charge in [0.15, 0.2) is 0 Å². The van der Waals surface area contributed by atoms with Gasteiger partial charge in [0.05, 0.1) is 18.4 Å². The number of hydrogen-bond acceptors (Lipinski definition) is 5. The van der Waals surface area contributed by atoms with Crippen LogP contribution in [0.1, 0.15) is 29.7 Å². The van der Waals surface area contributed by atoms with Crippen LogP contribution in [-0.2, 0) is 18.7 Å². The second-order valence-electron chi connectivity index (χ2n) is 7.30. The topological polar surface area (TPSA) is 49.1 Å². The summed E-state index contributed by atoms with van der Waals surface area (Å²) in [4.78, 5) is 4.60. The number of furan rings is 1. The predicted octanol–water partition coefficient (Wildman–Crippen LogP) is 2.59. The van der Waals surface area contributed by atoms with E-state index in [2.05, 4.69) is 22.9 Å². The van der Waals surface area contributed by atoms with Crippen molar-refractivity contribution >= 4 is 0 Å². The van der Waals surface area contributed by atoms with Gasteiger partial charge < -0.3 is 19.2 Å². The van der Waals surface area contributed by atoms with Crippen LogP contribution >= 0.6 is 0 Å². The average molecular weight is 342 g/mol. The second kappa shape index (κ2) is 6.83. The highest BCUT2D eigenvalue weighted by Gasteiger charge is 2.33. The zero-order valence-electron chi connectivity index (χ0n) is 14.8. The van der Waals surface area contributed by atoms with Crippen LogP contribution in [0.2, 0.25) is 0 Å². The lowest BCUT2D eigenvalue weighted by Gasteiger charge is -2.37. The summed E-state index contributed by atoms with van der Waals surface area (Å²) in [5, 5.41) is 11.1. The van der Waals surface area contributed by atoms with Crippen LogP contribution in [0.3, 0.4) is 0 Å². The Bertz CT molecular complexity index is 706. The molecule has 5 heteroatoms. The van der Waals surface area contributed by atoms with Crippen molar-refractivity contribution in [2.24, 2.45) is 0 Å². The summed E-state index contributed by atoms with van der Waals surface area (Å²) in [5.41, 5.74) is 1.44. The Kier molecular flexibility index (Phi) is 4.54. The molecule has 3 heterocycles. The smallest absolute Gasteiger partial charge is 0.123 e. The van der Waals surface area contributed by atoms with E-state index in [1.807, 2.05) is 24.3 Å². The summed E-state index contributed by atoms with van der Waals surface area (Å²) in [6, 6.07) is 10.1. The van der Waals surface area contributed by atoms with Crippen LogP contribution in [0.15, 0.2) is 41.0 Å². The third kappa shape index (κ3) is 3.59. The molecule has 134 valence electrons. The van der Waals surface area contributed by atoms with E-state index in [4.69, 9.17) is 9.15 Å². The first-order valence-corrected chi connectivity index (χ1v) is 9.04. The highest BCUT2D eigenvalue weighted by atomic mass is 16.5. The Balaban J connectivity index is 1.55. The SMILES string of the molecule is CN1CCC(O)(c2ccc3c(c2)CN(Cc2ccco2)CCO3)CC1. The molecule has 0 atom stereocenters. The fraction of sp³-hybridized carbons (Fsp3) is 0.500. The van der Waals surface area contributed by atoms with Gasteiger partial charge in [0.2, 0.25) is 0 Å². The molecule has 0 radical (unpaired) electrons. The number of ether oxygens (including phenoxy) is 1. The summed E-state index contributed by atoms with van der Waals surface area (Å²) < 4.78 is 11.4. The lowest BCUT2D eigenvalue weighted by Crippen LogP contribution is -2.40. The zero-order chi connectivity index (χ0) is 17.3. The van der Waals surface area contributed by atoms with Gasteiger partial charge in [0, 0.05) is 31.7 Å². The number of hydrogen-bond donors (Lipinski definition) is 1. The standard InChI is InChI=1S/C20H26N2O3/c1-21-8-6-20(23,7-9-21)17-4-5-19-16(13-17)14-22(10-12-25-19)15-18-3-2-11-24-18/h2-5,11,13,23H,6-10,12,14-15H2,1H3. The maximum atomic E-state index is 11.1. The monoisotopic (exact) mass is 342 g/mol. The Morgan fingerprint density at radius 2 is 2.00 bits per heavy atom. The van der Waals surface area contributed by atoms with Crippen molar-refractivity contribution < 1.29 is 14.3 Å². The largest absolute Gasteiger partial charge is 0.492 e. The van der Waals surface area contributed by atoms with Crippen molar-refractivity contribution in [1.82, 2.24) is 9.80 Å². The highest BCUT2D eigenvalue weighted by molar-refractivity contribution is 5.40. The molecule has 2 aliphatic rings. The lowest BCUT2D eigenvalue weighted by molar-refractivity contribution is -0.0204. The van der Waals surface area contributed by atoms with Gasteiger partial charge in [-0.2, -0.15) is 0 Å². The third-order valence-electron chi connectivity index (χ3n) is 5.43. The molecule has 25 heavy (non-hydrogen) atoms. The Labute approximate surface area is 148 Å². The van der Waals surface area contributed by atoms with Crippen molar-refractivity contribution in [2.75, 3.05) is 33.3 Å². The fourth-order valence-electron chi connectivity index (χ4n) is 3.77. The number of benzene rings is 1. The van der Waals surface area contributed by atoms with Gasteiger partial charge in [0.1, 0.15) is 18.1 Å². The first-order chi connectivity index (χ1) is 12.1. The molecule has 2 aliphatic heterocycles. The Hall–Kier alpha value is -1.82. The van der Waals surface area contributed by atoms with E-state index in [1.165, 1.54) is 0 Å². The summed E-state index contributed by atoms with van der Waals surface area (Å²) in [7, 11) is 2.11. The number of rotatable bonds is 3. The third-order valence-corrected chi connectivity index (χ3v) is 5.43. The maximum absolute atomic E-state index is 11.1. The molecular formula is C20H26N2O3. The number of piperidine rings is 1. The molecule has 0 bridgehead atoms. The van der Waals surface area contributed by atoms with Crippen LogP contribution in [0.25, 0.3) is 0 Å². The van der Waals surface area contributed by atoms with Crippen LogP contribution in [0, 0.1) is 0 Å². The molecule has 5 nitrogen and oxygen atoms in total. The van der Waals surface area contributed by atoms with Gasteiger partial charge in [-0.05, 0) is 49.7 Å². The van der Waals surface area contributed by atoms with Crippen molar-refractivity contribution in [1.29, 1.82) is 0 Å². The molecule has 1 fully saturated rings. The van der Waals surface area contributed by atoms with E-state index in [0.29, 0.717) is 6.61 Å². The molecule has 1 aromatic carbocycles. The first-order valence-electron chi connectivity index (χ1n) is 9.04. The van der Waals surface area contributed by atoms with Gasteiger partial charge in [0.25, 0.3) is 0 Å². The van der Waals surface area contributed by atoms with Gasteiger partial charge in [-0.25, -0.2) is 0 Å². The average Bonchev–Trinajstić information content (AvgIpc) is 3.03. The molecule has 0 spiro atoms. The van der Waals surface area contributed by atoms with Gasteiger partial charge in [-0.1, -0.05) is 6.07 Å². The highest BCUT2D eigenvalue weighted by Crippen LogP contribution is 2.35. The summed E-state index contributed by atoms with van der Waals surface area (Å²) in [6.07, 6.45) is 3.27. The summed E-state index contributed by atoms with van der Waals surface area (Å²) in [5.74, 6) is 1.90. The Morgan fingerprint density at radius 1 is 1.16 bits per heavy atom. The summed E-state index contributed by atoms with van der Waals surface area (Å²) >= 11 is 0. The fourth-order valence-corrected chi connectivity index (χ4v) is 3.77. The van der Waals surface area contributed by atoms with E-state index < -0.39 is 5.60 Å². The minimum absolute atomic E-state index is 0.669.